The van der Waals surface area contributed by atoms with E-state index in [2.05, 4.69) is 0 Å². The summed E-state index contributed by atoms with van der Waals surface area (Å²) in [5.74, 6) is 0.672. The highest BCUT2D eigenvalue weighted by molar-refractivity contribution is 7.86. The summed E-state index contributed by atoms with van der Waals surface area (Å²) >= 11 is 0. The predicted octanol–water partition coefficient (Wildman–Crippen LogP) is 5.94. The van der Waals surface area contributed by atoms with E-state index in [1.807, 2.05) is 115 Å². The zero-order chi connectivity index (χ0) is 25.4. The second-order valence-electron chi connectivity index (χ2n) is 8.61. The maximum absolute atomic E-state index is 11.8. The Balaban J connectivity index is 1.83. The lowest BCUT2D eigenvalue weighted by Gasteiger charge is -2.37. The van der Waals surface area contributed by atoms with Gasteiger partial charge in [0.15, 0.2) is 0 Å². The lowest BCUT2D eigenvalue weighted by atomic mass is 9.79. The molecule has 1 unspecified atom stereocenters. The minimum Gasteiger partial charge on any atom is -0.488 e. The van der Waals surface area contributed by atoms with E-state index in [-0.39, 0.29) is 6.61 Å². The Hall–Kier alpha value is -3.45. The Morgan fingerprint density at radius 1 is 0.722 bits per heavy atom. The van der Waals surface area contributed by atoms with Crippen LogP contribution in [0.3, 0.4) is 0 Å². The molecule has 5 nitrogen and oxygen atoms in total. The first-order valence-corrected chi connectivity index (χ1v) is 13.6. The number of rotatable bonds is 11. The fraction of sp³-hybridized carbons (Fsp3) is 0.200. The molecule has 4 aromatic carbocycles. The van der Waals surface area contributed by atoms with Crippen LogP contribution in [0.1, 0.15) is 29.2 Å². The van der Waals surface area contributed by atoms with Crippen molar-refractivity contribution < 1.29 is 22.1 Å². The van der Waals surface area contributed by atoms with Crippen molar-refractivity contribution in [2.24, 2.45) is 0 Å². The largest absolute Gasteiger partial charge is 0.488 e. The molecular formula is C30H30O5S. The van der Waals surface area contributed by atoms with Crippen LogP contribution in [0, 0.1) is 0 Å². The van der Waals surface area contributed by atoms with Gasteiger partial charge in [-0.1, -0.05) is 109 Å². The molecule has 4 aromatic rings. The molecule has 36 heavy (non-hydrogen) atoms. The summed E-state index contributed by atoms with van der Waals surface area (Å²) in [6, 6.07) is 37.5. The van der Waals surface area contributed by atoms with E-state index in [4.69, 9.17) is 13.7 Å². The molecule has 0 aliphatic carbocycles. The van der Waals surface area contributed by atoms with Gasteiger partial charge in [-0.2, -0.15) is 8.42 Å². The maximum atomic E-state index is 11.8. The SMILES string of the molecule is CC(COC(c1ccccc1)(c1ccccc1)c1ccccc1OCc1ccccc1)OS(C)(=O)=O. The Morgan fingerprint density at radius 2 is 1.22 bits per heavy atom. The van der Waals surface area contributed by atoms with Crippen molar-refractivity contribution in [1.29, 1.82) is 0 Å². The maximum Gasteiger partial charge on any atom is 0.264 e. The molecule has 0 saturated carbocycles. The van der Waals surface area contributed by atoms with Crippen LogP contribution in [0.15, 0.2) is 115 Å². The first-order valence-electron chi connectivity index (χ1n) is 11.8. The van der Waals surface area contributed by atoms with E-state index in [9.17, 15) is 8.42 Å². The highest BCUT2D eigenvalue weighted by Crippen LogP contribution is 2.44. The van der Waals surface area contributed by atoms with E-state index in [1.165, 1.54) is 0 Å². The standard InChI is InChI=1S/C30H30O5S/c1-24(35-36(2,31)32)22-34-30(26-16-8-4-9-17-26,27-18-10-5-11-19-27)28-20-12-13-21-29(28)33-23-25-14-6-3-7-15-25/h3-21,24H,22-23H2,1-2H3. The van der Waals surface area contributed by atoms with Crippen molar-refractivity contribution in [3.63, 3.8) is 0 Å². The van der Waals surface area contributed by atoms with Crippen molar-refractivity contribution >= 4 is 10.1 Å². The molecule has 186 valence electrons. The monoisotopic (exact) mass is 502 g/mol. The molecule has 0 heterocycles. The second-order valence-corrected chi connectivity index (χ2v) is 10.2. The van der Waals surface area contributed by atoms with Crippen molar-refractivity contribution in [2.45, 2.75) is 25.2 Å². The van der Waals surface area contributed by atoms with Crippen molar-refractivity contribution in [3.8, 4) is 5.75 Å². The minimum absolute atomic E-state index is 0.0316. The molecule has 1 atom stereocenters. The van der Waals surface area contributed by atoms with E-state index in [0.717, 1.165) is 28.5 Å². The van der Waals surface area contributed by atoms with Crippen LogP contribution in [0.5, 0.6) is 5.75 Å². The Kier molecular flexibility index (Phi) is 8.21. The fourth-order valence-corrected chi connectivity index (χ4v) is 4.91. The van der Waals surface area contributed by atoms with Gasteiger partial charge < -0.3 is 9.47 Å². The number of ether oxygens (including phenoxy) is 2. The first-order chi connectivity index (χ1) is 17.4. The molecule has 4 rings (SSSR count). The first kappa shape index (κ1) is 25.6. The van der Waals surface area contributed by atoms with Gasteiger partial charge in [0.1, 0.15) is 18.0 Å². The molecule has 0 saturated heterocycles. The van der Waals surface area contributed by atoms with Gasteiger partial charge in [0, 0.05) is 5.56 Å². The number of hydrogen-bond donors (Lipinski definition) is 0. The number of para-hydroxylation sites is 1. The fourth-order valence-electron chi connectivity index (χ4n) is 4.26. The molecule has 0 N–H and O–H groups in total. The highest BCUT2D eigenvalue weighted by Gasteiger charge is 2.40. The van der Waals surface area contributed by atoms with Gasteiger partial charge >= 0.3 is 0 Å². The zero-order valence-corrected chi connectivity index (χ0v) is 21.2. The molecule has 0 aromatic heterocycles. The van der Waals surface area contributed by atoms with Gasteiger partial charge in [-0.05, 0) is 29.7 Å². The average molecular weight is 503 g/mol. The van der Waals surface area contributed by atoms with E-state index >= 15 is 0 Å². The van der Waals surface area contributed by atoms with Gasteiger partial charge in [-0.25, -0.2) is 0 Å². The van der Waals surface area contributed by atoms with Crippen molar-refractivity contribution in [3.05, 3.63) is 138 Å². The van der Waals surface area contributed by atoms with Gasteiger partial charge in [0.05, 0.1) is 19.0 Å². The van der Waals surface area contributed by atoms with Crippen LogP contribution >= 0.6 is 0 Å². The van der Waals surface area contributed by atoms with Gasteiger partial charge in [-0.3, -0.25) is 4.18 Å². The molecule has 0 bridgehead atoms. The van der Waals surface area contributed by atoms with E-state index in [0.29, 0.717) is 12.4 Å². The molecule has 6 heteroatoms. The Bertz CT molecular complexity index is 1300. The van der Waals surface area contributed by atoms with Crippen LogP contribution in [0.25, 0.3) is 0 Å². The molecule has 0 spiro atoms. The predicted molar refractivity (Wildman–Crippen MR) is 141 cm³/mol. The van der Waals surface area contributed by atoms with Crippen LogP contribution in [0.2, 0.25) is 0 Å². The third kappa shape index (κ3) is 6.21. The molecule has 0 aliphatic heterocycles. The Labute approximate surface area is 213 Å². The lowest BCUT2D eigenvalue weighted by molar-refractivity contribution is -0.0254. The number of hydrogen-bond acceptors (Lipinski definition) is 5. The summed E-state index contributed by atoms with van der Waals surface area (Å²) in [7, 11) is -3.64. The summed E-state index contributed by atoms with van der Waals surface area (Å²) in [5, 5.41) is 0. The lowest BCUT2D eigenvalue weighted by Crippen LogP contribution is -2.36. The normalized spacial score (nSPS) is 12.7. The Morgan fingerprint density at radius 3 is 1.78 bits per heavy atom. The van der Waals surface area contributed by atoms with E-state index in [1.54, 1.807) is 6.92 Å². The smallest absolute Gasteiger partial charge is 0.264 e. The van der Waals surface area contributed by atoms with Crippen LogP contribution in [-0.2, 0) is 31.2 Å². The summed E-state index contributed by atoms with van der Waals surface area (Å²) < 4.78 is 41.8. The molecule has 0 radical (unpaired) electrons. The van der Waals surface area contributed by atoms with Gasteiger partial charge in [0.25, 0.3) is 10.1 Å². The molecule has 0 amide bonds. The summed E-state index contributed by atoms with van der Waals surface area (Å²) in [4.78, 5) is 0. The van der Waals surface area contributed by atoms with E-state index < -0.39 is 21.8 Å². The van der Waals surface area contributed by atoms with Crippen molar-refractivity contribution in [1.82, 2.24) is 0 Å². The summed E-state index contributed by atoms with van der Waals surface area (Å²) in [5.41, 5.74) is 2.56. The third-order valence-corrected chi connectivity index (χ3v) is 6.42. The quantitative estimate of drug-likeness (QED) is 0.188. The topological polar surface area (TPSA) is 61.8 Å². The third-order valence-electron chi connectivity index (χ3n) is 5.74. The minimum atomic E-state index is -3.64. The number of benzene rings is 4. The molecule has 0 fully saturated rings. The van der Waals surface area contributed by atoms with Crippen LogP contribution in [0.4, 0.5) is 0 Å². The second kappa shape index (κ2) is 11.5. The highest BCUT2D eigenvalue weighted by atomic mass is 32.2. The average Bonchev–Trinajstić information content (AvgIpc) is 2.89. The van der Waals surface area contributed by atoms with Gasteiger partial charge in [0.2, 0.25) is 0 Å². The van der Waals surface area contributed by atoms with Crippen LogP contribution in [-0.4, -0.2) is 27.4 Å². The zero-order valence-electron chi connectivity index (χ0n) is 20.4. The van der Waals surface area contributed by atoms with Crippen molar-refractivity contribution in [2.75, 3.05) is 12.9 Å². The molecular weight excluding hydrogens is 472 g/mol. The summed E-state index contributed by atoms with van der Waals surface area (Å²) in [6.07, 6.45) is 0.349. The summed E-state index contributed by atoms with van der Waals surface area (Å²) in [6.45, 7) is 2.11. The molecule has 0 aliphatic rings. The van der Waals surface area contributed by atoms with Gasteiger partial charge in [-0.15, -0.1) is 0 Å². The van der Waals surface area contributed by atoms with Crippen LogP contribution < -0.4 is 4.74 Å².